The van der Waals surface area contributed by atoms with E-state index in [-0.39, 0.29) is 11.8 Å². The largest absolute Gasteiger partial charge is 0.307 e. The lowest BCUT2D eigenvalue weighted by Crippen LogP contribution is -2.39. The molecule has 12 heavy (non-hydrogen) atoms. The van der Waals surface area contributed by atoms with Crippen LogP contribution in [0.5, 0.6) is 0 Å². The lowest BCUT2D eigenvalue weighted by molar-refractivity contribution is -0.137. The fourth-order valence-corrected chi connectivity index (χ4v) is 0.885. The van der Waals surface area contributed by atoms with Crippen molar-refractivity contribution in [2.45, 2.75) is 27.2 Å². The number of nitrogens with one attached hydrogen (secondary N) is 1. The van der Waals surface area contributed by atoms with E-state index < -0.39 is 11.7 Å². The molecule has 0 aromatic carbocycles. The summed E-state index contributed by atoms with van der Waals surface area (Å²) in [5.41, 5.74) is 2.77. The maximum atomic E-state index is 11.0. The summed E-state index contributed by atoms with van der Waals surface area (Å²) >= 11 is 0. The van der Waals surface area contributed by atoms with E-state index >= 15 is 0 Å². The molecular weight excluding hydrogens is 156 g/mol. The van der Waals surface area contributed by atoms with E-state index in [1.165, 1.54) is 0 Å². The minimum Gasteiger partial charge on any atom is -0.288 e. The number of amides is 1. The highest BCUT2D eigenvalue weighted by molar-refractivity contribution is 6.41. The van der Waals surface area contributed by atoms with Gasteiger partial charge in [0, 0.05) is 5.41 Å². The van der Waals surface area contributed by atoms with Gasteiger partial charge in [-0.05, 0) is 0 Å². The van der Waals surface area contributed by atoms with Crippen LogP contribution >= 0.6 is 0 Å². The van der Waals surface area contributed by atoms with E-state index in [1.54, 1.807) is 0 Å². The molecule has 1 heterocycles. The van der Waals surface area contributed by atoms with Crippen molar-refractivity contribution in [2.75, 3.05) is 0 Å². The Morgan fingerprint density at radius 2 is 1.92 bits per heavy atom. The molecule has 0 unspecified atom stereocenters. The predicted octanol–water partition coefficient (Wildman–Crippen LogP) is 0.477. The molecule has 1 aliphatic rings. The standard InChI is InChI=1S/C8H12N2O2/c1-8(2,3)6-4-5(11)7(12)10-9-6/h4H2,1-3H3,(H,10,12). The Hall–Kier alpha value is -1.19. The molecule has 0 radical (unpaired) electrons. The summed E-state index contributed by atoms with van der Waals surface area (Å²) in [5.74, 6) is -1.02. The lowest BCUT2D eigenvalue weighted by atomic mass is 9.86. The molecular formula is C8H12N2O2. The smallest absolute Gasteiger partial charge is 0.288 e. The van der Waals surface area contributed by atoms with Gasteiger partial charge in [0.15, 0.2) is 0 Å². The second-order valence-electron chi connectivity index (χ2n) is 3.85. The first-order valence-electron chi connectivity index (χ1n) is 3.81. The summed E-state index contributed by atoms with van der Waals surface area (Å²) in [6.45, 7) is 5.86. The SMILES string of the molecule is CC(C)(C)C1=NNC(=O)C(=O)C1. The maximum absolute atomic E-state index is 11.0. The van der Waals surface area contributed by atoms with Crippen molar-refractivity contribution in [3.8, 4) is 0 Å². The van der Waals surface area contributed by atoms with Gasteiger partial charge in [-0.3, -0.25) is 9.59 Å². The van der Waals surface area contributed by atoms with Crippen LogP contribution < -0.4 is 5.43 Å². The zero-order valence-corrected chi connectivity index (χ0v) is 7.47. The molecule has 66 valence electrons. The van der Waals surface area contributed by atoms with Crippen molar-refractivity contribution in [1.29, 1.82) is 0 Å². The number of rotatable bonds is 0. The number of carbonyl (C=O) groups excluding carboxylic acids is 2. The zero-order chi connectivity index (χ0) is 9.35. The van der Waals surface area contributed by atoms with Crippen LogP contribution in [0.3, 0.4) is 0 Å². The van der Waals surface area contributed by atoms with Crippen molar-refractivity contribution in [3.05, 3.63) is 0 Å². The minimum absolute atomic E-state index is 0.148. The average molecular weight is 168 g/mol. The molecule has 1 aliphatic heterocycles. The topological polar surface area (TPSA) is 58.5 Å². The van der Waals surface area contributed by atoms with Gasteiger partial charge in [-0.2, -0.15) is 5.10 Å². The van der Waals surface area contributed by atoms with Crippen LogP contribution in [-0.2, 0) is 9.59 Å². The first-order valence-corrected chi connectivity index (χ1v) is 3.81. The number of ketones is 1. The summed E-state index contributed by atoms with van der Waals surface area (Å²) < 4.78 is 0. The van der Waals surface area contributed by atoms with E-state index in [0.29, 0.717) is 0 Å². The lowest BCUT2D eigenvalue weighted by Gasteiger charge is -2.22. The Labute approximate surface area is 71.0 Å². The Morgan fingerprint density at radius 3 is 2.33 bits per heavy atom. The van der Waals surface area contributed by atoms with Gasteiger partial charge in [0.2, 0.25) is 5.78 Å². The zero-order valence-electron chi connectivity index (χ0n) is 7.47. The number of nitrogens with zero attached hydrogens (tertiary/aromatic N) is 1. The first kappa shape index (κ1) is 8.90. The molecule has 0 fully saturated rings. The van der Waals surface area contributed by atoms with Gasteiger partial charge in [-0.25, -0.2) is 5.43 Å². The van der Waals surface area contributed by atoms with Crippen molar-refractivity contribution >= 4 is 17.4 Å². The molecule has 4 heteroatoms. The Balaban J connectivity index is 2.84. The van der Waals surface area contributed by atoms with Crippen molar-refractivity contribution in [3.63, 3.8) is 0 Å². The molecule has 0 spiro atoms. The molecule has 0 bridgehead atoms. The quantitative estimate of drug-likeness (QED) is 0.535. The molecule has 0 aromatic heterocycles. The Bertz CT molecular complexity index is 261. The van der Waals surface area contributed by atoms with Gasteiger partial charge in [-0.15, -0.1) is 0 Å². The highest BCUT2D eigenvalue weighted by atomic mass is 16.2. The number of carbonyl (C=O) groups is 2. The van der Waals surface area contributed by atoms with E-state index in [4.69, 9.17) is 0 Å². The fourth-order valence-electron chi connectivity index (χ4n) is 0.885. The van der Waals surface area contributed by atoms with Gasteiger partial charge in [0.1, 0.15) is 0 Å². The van der Waals surface area contributed by atoms with E-state index in [1.807, 2.05) is 20.8 Å². The average Bonchev–Trinajstić information content (AvgIpc) is 1.92. The molecule has 0 saturated heterocycles. The van der Waals surface area contributed by atoms with Gasteiger partial charge in [-0.1, -0.05) is 20.8 Å². The first-order chi connectivity index (χ1) is 5.41. The summed E-state index contributed by atoms with van der Waals surface area (Å²) in [6, 6.07) is 0. The van der Waals surface area contributed by atoms with Crippen molar-refractivity contribution in [1.82, 2.24) is 5.43 Å². The molecule has 1 rings (SSSR count). The molecule has 1 N–H and O–H groups in total. The third-order valence-electron chi connectivity index (χ3n) is 1.74. The molecule has 4 nitrogen and oxygen atoms in total. The van der Waals surface area contributed by atoms with Gasteiger partial charge >= 0.3 is 5.91 Å². The van der Waals surface area contributed by atoms with Crippen LogP contribution in [0.25, 0.3) is 0 Å². The summed E-state index contributed by atoms with van der Waals surface area (Å²) in [4.78, 5) is 21.7. The third kappa shape index (κ3) is 1.69. The molecule has 0 aliphatic carbocycles. The van der Waals surface area contributed by atoms with Crippen LogP contribution in [-0.4, -0.2) is 17.4 Å². The van der Waals surface area contributed by atoms with Crippen LogP contribution in [0.2, 0.25) is 0 Å². The number of hydrogen-bond acceptors (Lipinski definition) is 3. The number of Topliss-reactive ketones (excluding diaryl/α,β-unsaturated/α-hetero) is 1. The minimum atomic E-state index is -0.608. The Kier molecular flexibility index (Phi) is 2.00. The van der Waals surface area contributed by atoms with Crippen molar-refractivity contribution in [2.24, 2.45) is 10.5 Å². The molecule has 0 atom stereocenters. The Morgan fingerprint density at radius 1 is 1.33 bits per heavy atom. The highest BCUT2D eigenvalue weighted by Gasteiger charge is 2.28. The van der Waals surface area contributed by atoms with Crippen LogP contribution in [0.15, 0.2) is 5.10 Å². The van der Waals surface area contributed by atoms with Gasteiger partial charge in [0.05, 0.1) is 12.1 Å². The summed E-state index contributed by atoms with van der Waals surface area (Å²) in [7, 11) is 0. The summed E-state index contributed by atoms with van der Waals surface area (Å²) in [6.07, 6.45) is 0.148. The van der Waals surface area contributed by atoms with Crippen LogP contribution in [0, 0.1) is 5.41 Å². The monoisotopic (exact) mass is 168 g/mol. The molecule has 0 aromatic rings. The summed E-state index contributed by atoms with van der Waals surface area (Å²) in [5, 5.41) is 3.83. The van der Waals surface area contributed by atoms with Gasteiger partial charge in [0.25, 0.3) is 0 Å². The predicted molar refractivity (Wildman–Crippen MR) is 44.7 cm³/mol. The number of hydrazone groups is 1. The van der Waals surface area contributed by atoms with Crippen LogP contribution in [0.1, 0.15) is 27.2 Å². The van der Waals surface area contributed by atoms with E-state index in [9.17, 15) is 9.59 Å². The fraction of sp³-hybridized carbons (Fsp3) is 0.625. The van der Waals surface area contributed by atoms with E-state index in [2.05, 4.69) is 10.5 Å². The molecule has 0 saturated carbocycles. The highest BCUT2D eigenvalue weighted by Crippen LogP contribution is 2.19. The maximum Gasteiger partial charge on any atom is 0.307 e. The molecule has 1 amide bonds. The van der Waals surface area contributed by atoms with Crippen LogP contribution in [0.4, 0.5) is 0 Å². The van der Waals surface area contributed by atoms with E-state index in [0.717, 1.165) is 5.71 Å². The normalized spacial score (nSPS) is 18.8. The number of hydrogen-bond donors (Lipinski definition) is 1. The second-order valence-corrected chi connectivity index (χ2v) is 3.85. The third-order valence-corrected chi connectivity index (χ3v) is 1.74. The second kappa shape index (κ2) is 2.69. The van der Waals surface area contributed by atoms with Gasteiger partial charge < -0.3 is 0 Å². The van der Waals surface area contributed by atoms with Crippen molar-refractivity contribution < 1.29 is 9.59 Å².